The molecule has 0 unspecified atom stereocenters. The van der Waals surface area contributed by atoms with Gasteiger partial charge >= 0.3 is 0 Å². The van der Waals surface area contributed by atoms with E-state index in [0.717, 1.165) is 25.9 Å². The third-order valence-electron chi connectivity index (χ3n) is 3.25. The van der Waals surface area contributed by atoms with Crippen LogP contribution in [0.5, 0.6) is 0 Å². The molecular weight excluding hydrogens is 246 g/mol. The molecule has 2 aromatic rings. The minimum Gasteiger partial charge on any atom is -0.370 e. The van der Waals surface area contributed by atoms with Crippen molar-refractivity contribution in [1.82, 2.24) is 24.9 Å². The van der Waals surface area contributed by atoms with Crippen LogP contribution in [0.25, 0.3) is 5.78 Å². The highest BCUT2D eigenvalue weighted by molar-refractivity contribution is 5.27. The zero-order valence-corrected chi connectivity index (χ0v) is 10.8. The van der Waals surface area contributed by atoms with Gasteiger partial charge in [0.1, 0.15) is 6.61 Å². The van der Waals surface area contributed by atoms with Gasteiger partial charge in [-0.2, -0.15) is 9.50 Å². The van der Waals surface area contributed by atoms with Gasteiger partial charge in [0, 0.05) is 11.8 Å². The lowest BCUT2D eigenvalue weighted by molar-refractivity contribution is 0.0179. The number of H-pyrrole nitrogens is 1. The normalized spacial score (nSPS) is 17.1. The number of piperidine rings is 1. The first-order valence-corrected chi connectivity index (χ1v) is 6.50. The van der Waals surface area contributed by atoms with Crippen LogP contribution in [-0.2, 0) is 11.3 Å². The fourth-order valence-electron chi connectivity index (χ4n) is 2.26. The molecule has 102 valence electrons. The molecule has 0 aliphatic carbocycles. The first-order chi connectivity index (χ1) is 9.22. The third kappa shape index (κ3) is 2.66. The van der Waals surface area contributed by atoms with Crippen molar-refractivity contribution in [1.29, 1.82) is 0 Å². The second-order valence-corrected chi connectivity index (χ2v) is 4.80. The average molecular weight is 263 g/mol. The van der Waals surface area contributed by atoms with Crippen LogP contribution in [0, 0.1) is 6.92 Å². The van der Waals surface area contributed by atoms with Gasteiger partial charge in [0.2, 0.25) is 0 Å². The highest BCUT2D eigenvalue weighted by atomic mass is 16.5. The quantitative estimate of drug-likeness (QED) is 0.814. The van der Waals surface area contributed by atoms with E-state index in [-0.39, 0.29) is 11.7 Å². The van der Waals surface area contributed by atoms with E-state index in [0.29, 0.717) is 23.9 Å². The second-order valence-electron chi connectivity index (χ2n) is 4.80. The van der Waals surface area contributed by atoms with Crippen molar-refractivity contribution in [3.05, 3.63) is 27.9 Å². The number of ether oxygens (including phenoxy) is 1. The van der Waals surface area contributed by atoms with Gasteiger partial charge in [0.05, 0.1) is 6.10 Å². The molecule has 2 aromatic heterocycles. The summed E-state index contributed by atoms with van der Waals surface area (Å²) in [5.41, 5.74) is 0.519. The van der Waals surface area contributed by atoms with E-state index >= 15 is 0 Å². The van der Waals surface area contributed by atoms with Crippen LogP contribution in [0.3, 0.4) is 0 Å². The molecule has 0 radical (unpaired) electrons. The summed E-state index contributed by atoms with van der Waals surface area (Å²) in [4.78, 5) is 20.2. The number of fused-ring (bicyclic) bond motifs is 1. The first kappa shape index (κ1) is 12.3. The summed E-state index contributed by atoms with van der Waals surface area (Å²) in [6.45, 7) is 4.14. The van der Waals surface area contributed by atoms with Crippen molar-refractivity contribution in [2.45, 2.75) is 32.5 Å². The van der Waals surface area contributed by atoms with E-state index in [1.54, 1.807) is 6.92 Å². The predicted octanol–water partition coefficient (Wildman–Crippen LogP) is -0.00538. The van der Waals surface area contributed by atoms with Crippen LogP contribution in [0.4, 0.5) is 0 Å². The van der Waals surface area contributed by atoms with E-state index < -0.39 is 0 Å². The molecule has 1 saturated heterocycles. The Balaban J connectivity index is 1.74. The number of hydrogen-bond donors (Lipinski definition) is 2. The van der Waals surface area contributed by atoms with Gasteiger partial charge in [0.15, 0.2) is 5.82 Å². The average Bonchev–Trinajstić information content (AvgIpc) is 2.81. The monoisotopic (exact) mass is 263 g/mol. The summed E-state index contributed by atoms with van der Waals surface area (Å²) in [7, 11) is 0. The van der Waals surface area contributed by atoms with Gasteiger partial charge in [-0.05, 0) is 32.9 Å². The van der Waals surface area contributed by atoms with Crippen LogP contribution in [0.1, 0.15) is 24.4 Å². The zero-order chi connectivity index (χ0) is 13.2. The number of nitrogens with one attached hydrogen (secondary N) is 2. The van der Waals surface area contributed by atoms with Gasteiger partial charge in [0.25, 0.3) is 11.3 Å². The molecular formula is C12H17N5O2. The van der Waals surface area contributed by atoms with Crippen molar-refractivity contribution >= 4 is 5.78 Å². The van der Waals surface area contributed by atoms with Gasteiger partial charge in [-0.15, -0.1) is 0 Å². The highest BCUT2D eigenvalue weighted by Crippen LogP contribution is 2.09. The lowest BCUT2D eigenvalue weighted by Gasteiger charge is -2.22. The van der Waals surface area contributed by atoms with Crippen LogP contribution >= 0.6 is 0 Å². The first-order valence-electron chi connectivity index (χ1n) is 6.50. The fourth-order valence-corrected chi connectivity index (χ4v) is 2.26. The number of aryl methyl sites for hydroxylation is 1. The lowest BCUT2D eigenvalue weighted by Crippen LogP contribution is -2.32. The maximum absolute atomic E-state index is 11.7. The Hall–Kier alpha value is -1.73. The summed E-state index contributed by atoms with van der Waals surface area (Å²) in [5, 5.41) is 6.21. The zero-order valence-electron chi connectivity index (χ0n) is 10.8. The van der Waals surface area contributed by atoms with Gasteiger partial charge in [-0.1, -0.05) is 0 Å². The van der Waals surface area contributed by atoms with Crippen LogP contribution in [0.2, 0.25) is 0 Å². The fraction of sp³-hybridized carbons (Fsp3) is 0.583. The standard InChI is InChI=1S/C12H17N5O2/c1-8-6-11(18)17-12(14-8)15-10(16-17)7-19-9-2-4-13-5-3-9/h6,9,13H,2-5,7H2,1H3,(H,14,15,16). The Morgan fingerprint density at radius 3 is 3.00 bits per heavy atom. The van der Waals surface area contributed by atoms with E-state index in [4.69, 9.17) is 4.74 Å². The Kier molecular flexibility index (Phi) is 3.31. The molecule has 3 heterocycles. The second kappa shape index (κ2) is 5.10. The minimum atomic E-state index is -0.150. The summed E-state index contributed by atoms with van der Waals surface area (Å²) in [5.74, 6) is 1.03. The molecule has 19 heavy (non-hydrogen) atoms. The van der Waals surface area contributed by atoms with Crippen molar-refractivity contribution in [2.75, 3.05) is 13.1 Å². The summed E-state index contributed by atoms with van der Waals surface area (Å²) in [6.07, 6.45) is 2.29. The number of nitrogens with zero attached hydrogens (tertiary/aromatic N) is 3. The molecule has 7 nitrogen and oxygen atoms in total. The van der Waals surface area contributed by atoms with E-state index in [2.05, 4.69) is 20.4 Å². The summed E-state index contributed by atoms with van der Waals surface area (Å²) in [6, 6.07) is 1.47. The van der Waals surface area contributed by atoms with Gasteiger partial charge < -0.3 is 10.1 Å². The minimum absolute atomic E-state index is 0.150. The molecule has 1 fully saturated rings. The molecule has 0 atom stereocenters. The van der Waals surface area contributed by atoms with Crippen LogP contribution in [0.15, 0.2) is 10.9 Å². The lowest BCUT2D eigenvalue weighted by atomic mass is 10.1. The van der Waals surface area contributed by atoms with Crippen LogP contribution < -0.4 is 10.9 Å². The molecule has 1 aliphatic rings. The molecule has 0 saturated carbocycles. The largest absolute Gasteiger partial charge is 0.370 e. The maximum Gasteiger partial charge on any atom is 0.274 e. The molecule has 7 heteroatoms. The SMILES string of the molecule is Cc1cc(=O)n2[nH]c(COC3CCNCC3)nc2n1. The number of hydrogen-bond acceptors (Lipinski definition) is 5. The number of aromatic nitrogens is 4. The summed E-state index contributed by atoms with van der Waals surface area (Å²) >= 11 is 0. The molecule has 3 rings (SSSR count). The molecule has 0 spiro atoms. The highest BCUT2D eigenvalue weighted by Gasteiger charge is 2.14. The van der Waals surface area contributed by atoms with Crippen molar-refractivity contribution in [2.24, 2.45) is 0 Å². The molecule has 2 N–H and O–H groups in total. The Bertz CT molecular complexity index is 627. The smallest absolute Gasteiger partial charge is 0.274 e. The van der Waals surface area contributed by atoms with Gasteiger partial charge in [-0.25, -0.2) is 4.98 Å². The predicted molar refractivity (Wildman–Crippen MR) is 69.0 cm³/mol. The van der Waals surface area contributed by atoms with Crippen molar-refractivity contribution in [3.8, 4) is 0 Å². The summed E-state index contributed by atoms with van der Waals surface area (Å²) < 4.78 is 7.13. The maximum atomic E-state index is 11.7. The van der Waals surface area contributed by atoms with Crippen molar-refractivity contribution < 1.29 is 4.74 Å². The molecule has 1 aliphatic heterocycles. The van der Waals surface area contributed by atoms with E-state index in [9.17, 15) is 4.79 Å². The van der Waals surface area contributed by atoms with E-state index in [1.165, 1.54) is 10.6 Å². The Morgan fingerprint density at radius 1 is 1.42 bits per heavy atom. The Labute approximate surface area is 110 Å². The van der Waals surface area contributed by atoms with Crippen LogP contribution in [-0.4, -0.2) is 38.8 Å². The van der Waals surface area contributed by atoms with Gasteiger partial charge in [-0.3, -0.25) is 9.89 Å². The van der Waals surface area contributed by atoms with Crippen molar-refractivity contribution in [3.63, 3.8) is 0 Å². The number of rotatable bonds is 3. The molecule has 0 bridgehead atoms. The molecule has 0 aromatic carbocycles. The topological polar surface area (TPSA) is 84.3 Å². The Morgan fingerprint density at radius 2 is 2.21 bits per heavy atom. The third-order valence-corrected chi connectivity index (χ3v) is 3.25. The number of aromatic amines is 1. The van der Waals surface area contributed by atoms with E-state index in [1.807, 2.05) is 0 Å². The molecule has 0 amide bonds.